The highest BCUT2D eigenvalue weighted by molar-refractivity contribution is 5.95. The molecule has 2 aromatic carbocycles. The van der Waals surface area contributed by atoms with E-state index >= 15 is 0 Å². The Labute approximate surface area is 168 Å². The number of nitrogens with zero attached hydrogens (tertiary/aromatic N) is 3. The van der Waals surface area contributed by atoms with Gasteiger partial charge in [-0.3, -0.25) is 14.9 Å². The summed E-state index contributed by atoms with van der Waals surface area (Å²) in [5, 5.41) is 17.8. The lowest BCUT2D eigenvalue weighted by atomic mass is 10.2. The second-order valence-electron chi connectivity index (χ2n) is 6.48. The summed E-state index contributed by atoms with van der Waals surface area (Å²) < 4.78 is 2.10. The lowest BCUT2D eigenvalue weighted by molar-refractivity contribution is -0.383. The van der Waals surface area contributed by atoms with Gasteiger partial charge in [0.2, 0.25) is 0 Å². The standard InChI is InChI=1S/C21H21N5O3/c1-14-4-5-15(2)25(14)18-9-7-17(8-10-18)21(27)24-23-13-16-6-11-19(22-3)20(12-16)26(28)29/h4-13,22H,1-3H3,(H,24,27)/b23-13+. The zero-order chi connectivity index (χ0) is 21.0. The molecule has 0 radical (unpaired) electrons. The van der Waals surface area contributed by atoms with Crippen LogP contribution in [0.5, 0.6) is 0 Å². The van der Waals surface area contributed by atoms with Gasteiger partial charge in [-0.1, -0.05) is 6.07 Å². The first-order chi connectivity index (χ1) is 13.9. The van der Waals surface area contributed by atoms with Crippen molar-refractivity contribution in [3.8, 4) is 5.69 Å². The molecule has 148 valence electrons. The molecule has 0 bridgehead atoms. The number of nitro benzene ring substituents is 1. The molecule has 2 N–H and O–H groups in total. The third-order valence-electron chi connectivity index (χ3n) is 4.53. The number of amides is 1. The number of carbonyl (C=O) groups excluding carboxylic acids is 1. The number of nitrogens with one attached hydrogen (secondary N) is 2. The van der Waals surface area contributed by atoms with Crippen LogP contribution >= 0.6 is 0 Å². The van der Waals surface area contributed by atoms with E-state index in [1.54, 1.807) is 31.3 Å². The van der Waals surface area contributed by atoms with Crippen molar-refractivity contribution in [1.82, 2.24) is 9.99 Å². The summed E-state index contributed by atoms with van der Waals surface area (Å²) >= 11 is 0. The summed E-state index contributed by atoms with van der Waals surface area (Å²) in [6, 6.07) is 15.9. The molecule has 1 aromatic heterocycles. The van der Waals surface area contributed by atoms with E-state index in [0.717, 1.165) is 17.1 Å². The lowest BCUT2D eigenvalue weighted by Gasteiger charge is -2.10. The van der Waals surface area contributed by atoms with Crippen LogP contribution < -0.4 is 10.7 Å². The first kappa shape index (κ1) is 19.8. The minimum atomic E-state index is -0.475. The van der Waals surface area contributed by atoms with E-state index < -0.39 is 4.92 Å². The van der Waals surface area contributed by atoms with E-state index in [9.17, 15) is 14.9 Å². The normalized spacial score (nSPS) is 10.9. The summed E-state index contributed by atoms with van der Waals surface area (Å²) in [6.45, 7) is 4.05. The quantitative estimate of drug-likeness (QED) is 0.379. The molecule has 3 aromatic rings. The van der Waals surface area contributed by atoms with Gasteiger partial charge in [0.15, 0.2) is 0 Å². The fourth-order valence-corrected chi connectivity index (χ4v) is 3.06. The summed E-state index contributed by atoms with van der Waals surface area (Å²) in [4.78, 5) is 22.9. The number of nitro groups is 1. The summed E-state index contributed by atoms with van der Waals surface area (Å²) in [6.07, 6.45) is 1.37. The predicted molar refractivity (Wildman–Crippen MR) is 113 cm³/mol. The molecular formula is C21H21N5O3. The molecule has 0 fully saturated rings. The number of aromatic nitrogens is 1. The van der Waals surface area contributed by atoms with Crippen molar-refractivity contribution < 1.29 is 9.72 Å². The van der Waals surface area contributed by atoms with Crippen LogP contribution in [0.4, 0.5) is 11.4 Å². The van der Waals surface area contributed by atoms with Gasteiger partial charge in [-0.2, -0.15) is 5.10 Å². The van der Waals surface area contributed by atoms with E-state index in [4.69, 9.17) is 0 Å². The molecule has 29 heavy (non-hydrogen) atoms. The van der Waals surface area contributed by atoms with Crippen LogP contribution in [0.2, 0.25) is 0 Å². The molecule has 0 unspecified atom stereocenters. The molecule has 0 aliphatic carbocycles. The van der Waals surface area contributed by atoms with Crippen LogP contribution in [0.15, 0.2) is 59.7 Å². The molecule has 1 heterocycles. The summed E-state index contributed by atoms with van der Waals surface area (Å²) in [5.41, 5.74) is 6.95. The Hall–Kier alpha value is -3.94. The number of rotatable bonds is 6. The number of anilines is 1. The van der Waals surface area contributed by atoms with Gasteiger partial charge in [-0.15, -0.1) is 0 Å². The summed E-state index contributed by atoms with van der Waals surface area (Å²) in [7, 11) is 1.61. The van der Waals surface area contributed by atoms with Crippen molar-refractivity contribution in [3.05, 3.63) is 87.2 Å². The van der Waals surface area contributed by atoms with Gasteiger partial charge in [0.05, 0.1) is 11.1 Å². The van der Waals surface area contributed by atoms with Crippen molar-refractivity contribution in [2.45, 2.75) is 13.8 Å². The smallest absolute Gasteiger partial charge is 0.292 e. The van der Waals surface area contributed by atoms with Crippen molar-refractivity contribution >= 4 is 23.5 Å². The van der Waals surface area contributed by atoms with Gasteiger partial charge in [0.1, 0.15) is 5.69 Å². The molecule has 1 amide bonds. The van der Waals surface area contributed by atoms with Crippen LogP contribution in [0, 0.1) is 24.0 Å². The molecule has 0 aliphatic rings. The first-order valence-corrected chi connectivity index (χ1v) is 8.95. The van der Waals surface area contributed by atoms with Crippen LogP contribution in [0.25, 0.3) is 5.69 Å². The Morgan fingerprint density at radius 2 is 1.72 bits per heavy atom. The maximum absolute atomic E-state index is 12.3. The van der Waals surface area contributed by atoms with Crippen LogP contribution in [0.3, 0.4) is 0 Å². The molecule has 8 heteroatoms. The molecule has 0 saturated carbocycles. The second-order valence-corrected chi connectivity index (χ2v) is 6.48. The Morgan fingerprint density at radius 3 is 2.31 bits per heavy atom. The minimum absolute atomic E-state index is 0.0611. The third-order valence-corrected chi connectivity index (χ3v) is 4.53. The average molecular weight is 391 g/mol. The number of aryl methyl sites for hydroxylation is 2. The maximum Gasteiger partial charge on any atom is 0.292 e. The fraction of sp³-hybridized carbons (Fsp3) is 0.143. The molecule has 3 rings (SSSR count). The van der Waals surface area contributed by atoms with Gasteiger partial charge in [-0.25, -0.2) is 5.43 Å². The average Bonchev–Trinajstić information content (AvgIpc) is 3.06. The van der Waals surface area contributed by atoms with Gasteiger partial charge in [0.25, 0.3) is 11.6 Å². The highest BCUT2D eigenvalue weighted by Crippen LogP contribution is 2.24. The van der Waals surface area contributed by atoms with Crippen LogP contribution in [-0.2, 0) is 0 Å². The Balaban J connectivity index is 1.69. The number of hydrogen-bond acceptors (Lipinski definition) is 5. The van der Waals surface area contributed by atoms with E-state index in [1.807, 2.05) is 38.1 Å². The van der Waals surface area contributed by atoms with E-state index in [-0.39, 0.29) is 11.6 Å². The molecule has 0 aliphatic heterocycles. The maximum atomic E-state index is 12.3. The van der Waals surface area contributed by atoms with Gasteiger partial charge in [0, 0.05) is 41.3 Å². The molecule has 0 saturated heterocycles. The van der Waals surface area contributed by atoms with Crippen molar-refractivity contribution in [2.75, 3.05) is 12.4 Å². The minimum Gasteiger partial charge on any atom is -0.383 e. The summed E-state index contributed by atoms with van der Waals surface area (Å²) in [5.74, 6) is -0.366. The zero-order valence-corrected chi connectivity index (χ0v) is 16.3. The number of carbonyl (C=O) groups is 1. The number of benzene rings is 2. The van der Waals surface area contributed by atoms with Crippen LogP contribution in [0.1, 0.15) is 27.3 Å². The monoisotopic (exact) mass is 391 g/mol. The Bertz CT molecular complexity index is 1060. The van der Waals surface area contributed by atoms with Gasteiger partial charge < -0.3 is 9.88 Å². The van der Waals surface area contributed by atoms with Crippen molar-refractivity contribution in [1.29, 1.82) is 0 Å². The zero-order valence-electron chi connectivity index (χ0n) is 16.3. The largest absolute Gasteiger partial charge is 0.383 e. The Morgan fingerprint density at radius 1 is 1.07 bits per heavy atom. The first-order valence-electron chi connectivity index (χ1n) is 8.95. The highest BCUT2D eigenvalue weighted by Gasteiger charge is 2.13. The lowest BCUT2D eigenvalue weighted by Crippen LogP contribution is -2.17. The van der Waals surface area contributed by atoms with Gasteiger partial charge >= 0.3 is 0 Å². The third kappa shape index (κ3) is 4.32. The predicted octanol–water partition coefficient (Wildman–Crippen LogP) is 3.81. The van der Waals surface area contributed by atoms with Crippen molar-refractivity contribution in [3.63, 3.8) is 0 Å². The number of hydrazone groups is 1. The van der Waals surface area contributed by atoms with Gasteiger partial charge in [-0.05, 0) is 56.3 Å². The fourth-order valence-electron chi connectivity index (χ4n) is 3.06. The van der Waals surface area contributed by atoms with Crippen LogP contribution in [-0.4, -0.2) is 28.7 Å². The van der Waals surface area contributed by atoms with E-state index in [1.165, 1.54) is 12.3 Å². The molecular weight excluding hydrogens is 370 g/mol. The molecule has 0 atom stereocenters. The number of hydrogen-bond donors (Lipinski definition) is 2. The highest BCUT2D eigenvalue weighted by atomic mass is 16.6. The molecule has 8 nitrogen and oxygen atoms in total. The topological polar surface area (TPSA) is 102 Å². The van der Waals surface area contributed by atoms with E-state index in [2.05, 4.69) is 20.4 Å². The van der Waals surface area contributed by atoms with Crippen molar-refractivity contribution in [2.24, 2.45) is 5.10 Å². The SMILES string of the molecule is CNc1ccc(/C=N/NC(=O)c2ccc(-n3c(C)ccc3C)cc2)cc1[N+](=O)[O-]. The second kappa shape index (κ2) is 8.39. The van der Waals surface area contributed by atoms with E-state index in [0.29, 0.717) is 16.8 Å². The Kier molecular flexibility index (Phi) is 5.73. The molecule has 0 spiro atoms.